The van der Waals surface area contributed by atoms with Gasteiger partial charge in [0.05, 0.1) is 6.54 Å². The van der Waals surface area contributed by atoms with Crippen molar-refractivity contribution in [2.45, 2.75) is 63.5 Å². The number of piperazine rings is 1. The molecule has 1 spiro atoms. The summed E-state index contributed by atoms with van der Waals surface area (Å²) in [6.07, 6.45) is 7.36. The molecule has 0 aromatic carbocycles. The molecule has 1 saturated heterocycles. The molecule has 1 unspecified atom stereocenters. The Morgan fingerprint density at radius 2 is 1.89 bits per heavy atom. The second-order valence-corrected chi connectivity index (χ2v) is 6.20. The highest BCUT2D eigenvalue weighted by atomic mass is 16.2. The van der Waals surface area contributed by atoms with Crippen LogP contribution >= 0.6 is 0 Å². The molecule has 4 nitrogen and oxygen atoms in total. The summed E-state index contributed by atoms with van der Waals surface area (Å²) >= 11 is 0. The minimum atomic E-state index is -0.559. The third-order valence-electron chi connectivity index (χ3n) is 4.87. The molecule has 4 heteroatoms. The highest BCUT2D eigenvalue weighted by Gasteiger charge is 2.49. The van der Waals surface area contributed by atoms with E-state index in [1.807, 2.05) is 4.90 Å². The Bertz CT molecular complexity index is 370. The first-order valence-electron chi connectivity index (χ1n) is 7.24. The highest BCUT2D eigenvalue weighted by Crippen LogP contribution is 2.38. The predicted molar refractivity (Wildman–Crippen MR) is 67.9 cm³/mol. The summed E-state index contributed by atoms with van der Waals surface area (Å²) < 4.78 is 0. The standard InChI is InChI=1S/C14H22N2O2/c1-10(11-5-6-11)16-9-12(17)15-14(13(16)18)7-3-2-4-8-14/h10-11H,2-9H2,1H3,(H,15,17). The molecule has 0 aromatic rings. The van der Waals surface area contributed by atoms with Gasteiger partial charge >= 0.3 is 0 Å². The van der Waals surface area contributed by atoms with E-state index in [9.17, 15) is 9.59 Å². The van der Waals surface area contributed by atoms with Crippen LogP contribution in [-0.4, -0.2) is 34.8 Å². The molecule has 1 N–H and O–H groups in total. The minimum absolute atomic E-state index is 0.0315. The first kappa shape index (κ1) is 12.0. The van der Waals surface area contributed by atoms with E-state index in [1.165, 1.54) is 19.3 Å². The molecular formula is C14H22N2O2. The monoisotopic (exact) mass is 250 g/mol. The van der Waals surface area contributed by atoms with Gasteiger partial charge in [-0.25, -0.2) is 0 Å². The normalized spacial score (nSPS) is 29.3. The summed E-state index contributed by atoms with van der Waals surface area (Å²) in [6.45, 7) is 2.36. The van der Waals surface area contributed by atoms with E-state index in [0.29, 0.717) is 5.92 Å². The number of nitrogens with zero attached hydrogens (tertiary/aromatic N) is 1. The summed E-state index contributed by atoms with van der Waals surface area (Å²) in [5, 5.41) is 3.00. The Morgan fingerprint density at radius 3 is 2.50 bits per heavy atom. The quantitative estimate of drug-likeness (QED) is 0.806. The number of rotatable bonds is 2. The zero-order valence-electron chi connectivity index (χ0n) is 11.1. The fourth-order valence-electron chi connectivity index (χ4n) is 3.52. The Kier molecular flexibility index (Phi) is 2.83. The number of amides is 2. The second-order valence-electron chi connectivity index (χ2n) is 6.20. The topological polar surface area (TPSA) is 49.4 Å². The second kappa shape index (κ2) is 4.25. The SMILES string of the molecule is CC(C1CC1)N1CC(=O)NC2(CCCCC2)C1=O. The van der Waals surface area contributed by atoms with Gasteiger partial charge in [-0.1, -0.05) is 19.3 Å². The van der Waals surface area contributed by atoms with Gasteiger partial charge < -0.3 is 10.2 Å². The molecule has 3 fully saturated rings. The van der Waals surface area contributed by atoms with Gasteiger partial charge in [-0.3, -0.25) is 9.59 Å². The van der Waals surface area contributed by atoms with Crippen molar-refractivity contribution in [3.8, 4) is 0 Å². The lowest BCUT2D eigenvalue weighted by molar-refractivity contribution is -0.154. The van der Waals surface area contributed by atoms with E-state index < -0.39 is 5.54 Å². The molecule has 0 radical (unpaired) electrons. The van der Waals surface area contributed by atoms with Crippen LogP contribution in [0.15, 0.2) is 0 Å². The van der Waals surface area contributed by atoms with Crippen LogP contribution < -0.4 is 5.32 Å². The molecule has 3 rings (SSSR count). The summed E-state index contributed by atoms with van der Waals surface area (Å²) in [4.78, 5) is 26.5. The van der Waals surface area contributed by atoms with Crippen molar-refractivity contribution in [2.24, 2.45) is 5.92 Å². The van der Waals surface area contributed by atoms with Crippen LogP contribution in [0.3, 0.4) is 0 Å². The lowest BCUT2D eigenvalue weighted by atomic mass is 9.79. The summed E-state index contributed by atoms with van der Waals surface area (Å²) in [5.74, 6) is 0.839. The van der Waals surface area contributed by atoms with Crippen LogP contribution in [0.2, 0.25) is 0 Å². The molecule has 2 saturated carbocycles. The van der Waals surface area contributed by atoms with Crippen LogP contribution in [0.1, 0.15) is 51.9 Å². The number of carbonyl (C=O) groups is 2. The van der Waals surface area contributed by atoms with Crippen LogP contribution in [0.25, 0.3) is 0 Å². The van der Waals surface area contributed by atoms with Crippen molar-refractivity contribution in [3.63, 3.8) is 0 Å². The van der Waals surface area contributed by atoms with Crippen LogP contribution in [0.4, 0.5) is 0 Å². The third-order valence-corrected chi connectivity index (χ3v) is 4.87. The first-order chi connectivity index (χ1) is 8.62. The summed E-state index contributed by atoms with van der Waals surface area (Å²) in [7, 11) is 0. The molecule has 18 heavy (non-hydrogen) atoms. The molecule has 3 aliphatic rings. The fourth-order valence-corrected chi connectivity index (χ4v) is 3.52. The van der Waals surface area contributed by atoms with Gasteiger partial charge in [-0.2, -0.15) is 0 Å². The number of carbonyl (C=O) groups excluding carboxylic acids is 2. The first-order valence-corrected chi connectivity index (χ1v) is 7.24. The van der Waals surface area contributed by atoms with Crippen molar-refractivity contribution in [2.75, 3.05) is 6.54 Å². The van der Waals surface area contributed by atoms with E-state index in [2.05, 4.69) is 12.2 Å². The van der Waals surface area contributed by atoms with Gasteiger partial charge in [0, 0.05) is 6.04 Å². The Hall–Kier alpha value is -1.06. The average Bonchev–Trinajstić information content (AvgIpc) is 3.18. The highest BCUT2D eigenvalue weighted by molar-refractivity contribution is 5.98. The Labute approximate surface area is 108 Å². The molecule has 2 aliphatic carbocycles. The number of hydrogen-bond donors (Lipinski definition) is 1. The van der Waals surface area contributed by atoms with Gasteiger partial charge in [0.2, 0.25) is 11.8 Å². The predicted octanol–water partition coefficient (Wildman–Crippen LogP) is 1.45. The van der Waals surface area contributed by atoms with Crippen molar-refractivity contribution < 1.29 is 9.59 Å². The maximum Gasteiger partial charge on any atom is 0.249 e. The van der Waals surface area contributed by atoms with Gasteiger partial charge in [-0.15, -0.1) is 0 Å². The van der Waals surface area contributed by atoms with Crippen molar-refractivity contribution >= 4 is 11.8 Å². The largest absolute Gasteiger partial charge is 0.340 e. The van der Waals surface area contributed by atoms with Gasteiger partial charge in [0.25, 0.3) is 0 Å². The van der Waals surface area contributed by atoms with Crippen LogP contribution in [0.5, 0.6) is 0 Å². The molecule has 2 amide bonds. The molecule has 0 bridgehead atoms. The van der Waals surface area contributed by atoms with E-state index in [0.717, 1.165) is 25.7 Å². The minimum Gasteiger partial charge on any atom is -0.340 e. The van der Waals surface area contributed by atoms with Gasteiger partial charge in [0.15, 0.2) is 0 Å². The van der Waals surface area contributed by atoms with E-state index in [-0.39, 0.29) is 24.4 Å². The zero-order valence-corrected chi connectivity index (χ0v) is 11.1. The fraction of sp³-hybridized carbons (Fsp3) is 0.857. The Morgan fingerprint density at radius 1 is 1.22 bits per heavy atom. The van der Waals surface area contributed by atoms with Crippen molar-refractivity contribution in [1.82, 2.24) is 10.2 Å². The molecule has 1 heterocycles. The van der Waals surface area contributed by atoms with Crippen LogP contribution in [-0.2, 0) is 9.59 Å². The summed E-state index contributed by atoms with van der Waals surface area (Å²) in [5.41, 5.74) is -0.559. The van der Waals surface area contributed by atoms with E-state index in [1.54, 1.807) is 0 Å². The van der Waals surface area contributed by atoms with Crippen molar-refractivity contribution in [1.29, 1.82) is 0 Å². The van der Waals surface area contributed by atoms with Crippen molar-refractivity contribution in [3.05, 3.63) is 0 Å². The zero-order chi connectivity index (χ0) is 12.8. The Balaban J connectivity index is 1.82. The molecule has 1 aliphatic heterocycles. The lowest BCUT2D eigenvalue weighted by Crippen LogP contribution is -2.68. The smallest absolute Gasteiger partial charge is 0.249 e. The number of hydrogen-bond acceptors (Lipinski definition) is 2. The molecule has 0 aromatic heterocycles. The van der Waals surface area contributed by atoms with Gasteiger partial charge in [0.1, 0.15) is 5.54 Å². The molecule has 1 atom stereocenters. The van der Waals surface area contributed by atoms with Gasteiger partial charge in [-0.05, 0) is 38.5 Å². The molecular weight excluding hydrogens is 228 g/mol. The lowest BCUT2D eigenvalue weighted by Gasteiger charge is -2.46. The van der Waals surface area contributed by atoms with E-state index in [4.69, 9.17) is 0 Å². The maximum absolute atomic E-state index is 12.7. The number of nitrogens with one attached hydrogen (secondary N) is 1. The maximum atomic E-state index is 12.7. The average molecular weight is 250 g/mol. The summed E-state index contributed by atoms with van der Waals surface area (Å²) in [6, 6.07) is 0.238. The third kappa shape index (κ3) is 1.91. The van der Waals surface area contributed by atoms with E-state index >= 15 is 0 Å². The molecule has 100 valence electrons. The van der Waals surface area contributed by atoms with Crippen LogP contribution in [0, 0.1) is 5.92 Å².